The molecule has 1 unspecified atom stereocenters. The second kappa shape index (κ2) is 5.75. The highest BCUT2D eigenvalue weighted by Gasteiger charge is 2.12. The molecular formula is C16H16N4. The molecule has 0 spiro atoms. The average molecular weight is 264 g/mol. The topological polar surface area (TPSA) is 50.7 Å². The standard InChI is InChI=1S/C16H16N4/c1-17-15(10-12-6-8-18-9-7-12)16-11-19-13-4-2-3-5-14(13)20-16/h2-9,11,15,17H,10H2,1H3. The second-order valence-corrected chi connectivity index (χ2v) is 4.68. The maximum absolute atomic E-state index is 4.70. The van der Waals surface area contributed by atoms with Crippen LogP contribution in [0, 0.1) is 0 Å². The molecular weight excluding hydrogens is 248 g/mol. The van der Waals surface area contributed by atoms with E-state index in [1.165, 1.54) is 5.56 Å². The van der Waals surface area contributed by atoms with E-state index >= 15 is 0 Å². The number of aromatic nitrogens is 3. The van der Waals surface area contributed by atoms with E-state index in [0.717, 1.165) is 23.1 Å². The Balaban J connectivity index is 1.91. The lowest BCUT2D eigenvalue weighted by atomic mass is 10.0. The van der Waals surface area contributed by atoms with Crippen molar-refractivity contribution in [2.45, 2.75) is 12.5 Å². The molecule has 0 bridgehead atoms. The van der Waals surface area contributed by atoms with Gasteiger partial charge in [-0.15, -0.1) is 0 Å². The normalized spacial score (nSPS) is 12.4. The highest BCUT2D eigenvalue weighted by molar-refractivity contribution is 5.73. The summed E-state index contributed by atoms with van der Waals surface area (Å²) in [4.78, 5) is 13.2. The second-order valence-electron chi connectivity index (χ2n) is 4.68. The van der Waals surface area contributed by atoms with Crippen molar-refractivity contribution in [3.63, 3.8) is 0 Å². The first kappa shape index (κ1) is 12.7. The Morgan fingerprint density at radius 2 is 1.80 bits per heavy atom. The molecule has 20 heavy (non-hydrogen) atoms. The van der Waals surface area contributed by atoms with Crippen LogP contribution in [0.1, 0.15) is 17.3 Å². The maximum atomic E-state index is 4.70. The van der Waals surface area contributed by atoms with E-state index in [1.807, 2.05) is 62.0 Å². The van der Waals surface area contributed by atoms with E-state index < -0.39 is 0 Å². The number of pyridine rings is 1. The van der Waals surface area contributed by atoms with Gasteiger partial charge in [-0.1, -0.05) is 12.1 Å². The molecule has 3 rings (SSSR count). The minimum atomic E-state index is 0.148. The van der Waals surface area contributed by atoms with Gasteiger partial charge < -0.3 is 5.32 Å². The molecule has 1 aromatic carbocycles. The highest BCUT2D eigenvalue weighted by atomic mass is 14.9. The zero-order valence-electron chi connectivity index (χ0n) is 11.3. The van der Waals surface area contributed by atoms with Gasteiger partial charge in [-0.25, -0.2) is 4.98 Å². The van der Waals surface area contributed by atoms with Crippen molar-refractivity contribution in [2.75, 3.05) is 7.05 Å². The maximum Gasteiger partial charge on any atom is 0.0890 e. The Morgan fingerprint density at radius 1 is 1.05 bits per heavy atom. The van der Waals surface area contributed by atoms with E-state index in [-0.39, 0.29) is 6.04 Å². The molecule has 0 radical (unpaired) electrons. The van der Waals surface area contributed by atoms with Crippen LogP contribution in [0.25, 0.3) is 11.0 Å². The molecule has 0 fully saturated rings. The summed E-state index contributed by atoms with van der Waals surface area (Å²) in [5.41, 5.74) is 4.05. The first-order chi connectivity index (χ1) is 9.86. The molecule has 1 atom stereocenters. The van der Waals surface area contributed by atoms with Crippen molar-refractivity contribution >= 4 is 11.0 Å². The van der Waals surface area contributed by atoms with Gasteiger partial charge in [-0.05, 0) is 43.3 Å². The number of likely N-dealkylation sites (N-methyl/N-ethyl adjacent to an activating group) is 1. The van der Waals surface area contributed by atoms with Gasteiger partial charge in [-0.3, -0.25) is 9.97 Å². The minimum Gasteiger partial charge on any atom is -0.311 e. The predicted molar refractivity (Wildman–Crippen MR) is 79.3 cm³/mol. The average Bonchev–Trinajstić information content (AvgIpc) is 2.53. The fourth-order valence-corrected chi connectivity index (χ4v) is 2.25. The molecule has 4 nitrogen and oxygen atoms in total. The van der Waals surface area contributed by atoms with E-state index in [9.17, 15) is 0 Å². The molecule has 100 valence electrons. The van der Waals surface area contributed by atoms with Crippen molar-refractivity contribution in [3.8, 4) is 0 Å². The number of hydrogen-bond acceptors (Lipinski definition) is 4. The first-order valence-corrected chi connectivity index (χ1v) is 6.64. The van der Waals surface area contributed by atoms with Gasteiger partial charge in [0.2, 0.25) is 0 Å². The molecule has 2 aromatic heterocycles. The highest BCUT2D eigenvalue weighted by Crippen LogP contribution is 2.17. The molecule has 0 aliphatic heterocycles. The van der Waals surface area contributed by atoms with Crippen molar-refractivity contribution in [1.82, 2.24) is 20.3 Å². The zero-order chi connectivity index (χ0) is 13.8. The molecule has 1 N–H and O–H groups in total. The lowest BCUT2D eigenvalue weighted by molar-refractivity contribution is 0.575. The summed E-state index contributed by atoms with van der Waals surface area (Å²) >= 11 is 0. The third-order valence-electron chi connectivity index (χ3n) is 3.36. The zero-order valence-corrected chi connectivity index (χ0v) is 11.3. The summed E-state index contributed by atoms with van der Waals surface area (Å²) in [5.74, 6) is 0. The van der Waals surface area contributed by atoms with Gasteiger partial charge >= 0.3 is 0 Å². The van der Waals surface area contributed by atoms with Crippen LogP contribution < -0.4 is 5.32 Å². The van der Waals surface area contributed by atoms with Crippen molar-refractivity contribution in [2.24, 2.45) is 0 Å². The van der Waals surface area contributed by atoms with Crippen LogP contribution in [0.4, 0.5) is 0 Å². The van der Waals surface area contributed by atoms with Gasteiger partial charge in [-0.2, -0.15) is 0 Å². The van der Waals surface area contributed by atoms with Crippen LogP contribution in [0.15, 0.2) is 55.0 Å². The summed E-state index contributed by atoms with van der Waals surface area (Å²) in [5, 5.41) is 3.31. The molecule has 0 aliphatic rings. The van der Waals surface area contributed by atoms with Crippen molar-refractivity contribution in [3.05, 3.63) is 66.2 Å². The van der Waals surface area contributed by atoms with E-state index in [1.54, 1.807) is 0 Å². The quantitative estimate of drug-likeness (QED) is 0.786. The SMILES string of the molecule is CNC(Cc1ccncc1)c1cnc2ccccc2n1. The molecule has 2 heterocycles. The fourth-order valence-electron chi connectivity index (χ4n) is 2.25. The lowest BCUT2D eigenvalue weighted by Crippen LogP contribution is -2.20. The summed E-state index contributed by atoms with van der Waals surface area (Å²) in [6.45, 7) is 0. The smallest absolute Gasteiger partial charge is 0.0890 e. The fraction of sp³-hybridized carbons (Fsp3) is 0.188. The number of fused-ring (bicyclic) bond motifs is 1. The number of rotatable bonds is 4. The third-order valence-corrected chi connectivity index (χ3v) is 3.36. The van der Waals surface area contributed by atoms with Gasteiger partial charge in [0, 0.05) is 12.4 Å². The van der Waals surface area contributed by atoms with Gasteiger partial charge in [0.05, 0.1) is 29.0 Å². The van der Waals surface area contributed by atoms with Crippen LogP contribution in [0.2, 0.25) is 0 Å². The number of nitrogens with zero attached hydrogens (tertiary/aromatic N) is 3. The minimum absolute atomic E-state index is 0.148. The Hall–Kier alpha value is -2.33. The van der Waals surface area contributed by atoms with Gasteiger partial charge in [0.25, 0.3) is 0 Å². The summed E-state index contributed by atoms with van der Waals surface area (Å²) < 4.78 is 0. The van der Waals surface area contributed by atoms with Crippen molar-refractivity contribution < 1.29 is 0 Å². The lowest BCUT2D eigenvalue weighted by Gasteiger charge is -2.15. The summed E-state index contributed by atoms with van der Waals surface area (Å²) in [7, 11) is 1.95. The summed E-state index contributed by atoms with van der Waals surface area (Å²) in [6, 6.07) is 12.1. The Bertz CT molecular complexity index is 697. The van der Waals surface area contributed by atoms with E-state index in [2.05, 4.69) is 15.3 Å². The molecule has 3 aromatic rings. The molecule has 4 heteroatoms. The Morgan fingerprint density at radius 3 is 2.55 bits per heavy atom. The van der Waals surface area contributed by atoms with Crippen LogP contribution >= 0.6 is 0 Å². The monoisotopic (exact) mass is 264 g/mol. The summed E-state index contributed by atoms with van der Waals surface area (Å²) in [6.07, 6.45) is 6.35. The number of benzene rings is 1. The number of hydrogen-bond donors (Lipinski definition) is 1. The van der Waals surface area contributed by atoms with Crippen LogP contribution in [0.3, 0.4) is 0 Å². The van der Waals surface area contributed by atoms with Crippen LogP contribution in [0.5, 0.6) is 0 Å². The molecule has 0 saturated heterocycles. The largest absolute Gasteiger partial charge is 0.311 e. The van der Waals surface area contributed by atoms with E-state index in [0.29, 0.717) is 0 Å². The molecule has 0 saturated carbocycles. The van der Waals surface area contributed by atoms with Gasteiger partial charge in [0.1, 0.15) is 0 Å². The number of nitrogens with one attached hydrogen (secondary N) is 1. The molecule has 0 amide bonds. The van der Waals surface area contributed by atoms with Crippen LogP contribution in [-0.2, 0) is 6.42 Å². The Kier molecular flexibility index (Phi) is 3.65. The van der Waals surface area contributed by atoms with Crippen molar-refractivity contribution in [1.29, 1.82) is 0 Å². The van der Waals surface area contributed by atoms with Crippen LogP contribution in [-0.4, -0.2) is 22.0 Å². The number of para-hydroxylation sites is 2. The Labute approximate surface area is 117 Å². The third kappa shape index (κ3) is 2.65. The predicted octanol–water partition coefficient (Wildman–Crippen LogP) is 2.53. The van der Waals surface area contributed by atoms with Gasteiger partial charge in [0.15, 0.2) is 0 Å². The first-order valence-electron chi connectivity index (χ1n) is 6.64. The molecule has 0 aliphatic carbocycles. The van der Waals surface area contributed by atoms with E-state index in [4.69, 9.17) is 4.98 Å².